The Bertz CT molecular complexity index is 1970. The van der Waals surface area contributed by atoms with Crippen molar-refractivity contribution in [2.24, 2.45) is 10.2 Å². The lowest BCUT2D eigenvalue weighted by Crippen LogP contribution is -2.29. The second kappa shape index (κ2) is 24.0. The number of carbonyl (C=O) groups is 2. The van der Waals surface area contributed by atoms with Gasteiger partial charge in [-0.1, -0.05) is 139 Å². The molecular formula is C43H56N8O3S2. The minimum atomic E-state index is -0.378. The van der Waals surface area contributed by atoms with Gasteiger partial charge in [0, 0.05) is 53.2 Å². The molecule has 2 amide bonds. The number of benzene rings is 2. The van der Waals surface area contributed by atoms with Crippen LogP contribution >= 0.6 is 22.7 Å². The summed E-state index contributed by atoms with van der Waals surface area (Å²) in [7, 11) is 0. The normalized spacial score (nSPS) is 11.4. The number of unbranched alkanes of at least 4 members (excludes halogenated alkanes) is 14. The van der Waals surface area contributed by atoms with E-state index in [0.29, 0.717) is 53.1 Å². The smallest absolute Gasteiger partial charge is 0.301 e. The second-order valence-electron chi connectivity index (χ2n) is 14.1. The van der Waals surface area contributed by atoms with E-state index in [1.807, 2.05) is 47.8 Å². The van der Waals surface area contributed by atoms with Gasteiger partial charge in [0.15, 0.2) is 5.69 Å². The predicted octanol–water partition coefficient (Wildman–Crippen LogP) is 11.3. The number of H-pyrrole nitrogens is 1. The summed E-state index contributed by atoms with van der Waals surface area (Å²) in [6.45, 7) is 3.28. The van der Waals surface area contributed by atoms with E-state index in [4.69, 9.17) is 4.98 Å². The molecule has 13 heteroatoms. The fraction of sp³-hybridized carbons (Fsp3) is 0.465. The van der Waals surface area contributed by atoms with Crippen LogP contribution in [0.5, 0.6) is 0 Å². The van der Waals surface area contributed by atoms with Crippen LogP contribution in [-0.4, -0.2) is 44.7 Å². The number of amides is 2. The van der Waals surface area contributed by atoms with Crippen LogP contribution in [0.15, 0.2) is 86.6 Å². The zero-order chi connectivity index (χ0) is 39.2. The summed E-state index contributed by atoms with van der Waals surface area (Å²) < 4.78 is 1.37. The first-order chi connectivity index (χ1) is 27.5. The fourth-order valence-electron chi connectivity index (χ4n) is 6.48. The average Bonchev–Trinajstić information content (AvgIpc) is 4.00. The van der Waals surface area contributed by atoms with E-state index >= 15 is 0 Å². The predicted molar refractivity (Wildman–Crippen MR) is 229 cm³/mol. The number of rotatable bonds is 26. The molecule has 2 aromatic carbocycles. The Balaban J connectivity index is 0.972. The number of azo groups is 1. The summed E-state index contributed by atoms with van der Waals surface area (Å²) in [5.41, 5.74) is 3.12. The molecule has 0 unspecified atom stereocenters. The average molecular weight is 797 g/mol. The first kappa shape index (κ1) is 42.4. The molecule has 3 aromatic heterocycles. The molecule has 0 aliphatic rings. The number of hydrogen-bond acceptors (Lipinski definition) is 9. The van der Waals surface area contributed by atoms with Crippen LogP contribution in [-0.2, 0) is 4.79 Å². The molecule has 11 nitrogen and oxygen atoms in total. The van der Waals surface area contributed by atoms with Crippen molar-refractivity contribution in [3.05, 3.63) is 87.5 Å². The van der Waals surface area contributed by atoms with Crippen molar-refractivity contribution < 1.29 is 9.59 Å². The van der Waals surface area contributed by atoms with E-state index in [1.54, 1.807) is 23.7 Å². The van der Waals surface area contributed by atoms with E-state index in [0.717, 1.165) is 24.0 Å². The minimum Gasteiger partial charge on any atom is -0.356 e. The molecule has 56 heavy (non-hydrogen) atoms. The van der Waals surface area contributed by atoms with Crippen molar-refractivity contribution in [3.8, 4) is 27.6 Å². The maximum Gasteiger partial charge on any atom is 0.301 e. The van der Waals surface area contributed by atoms with Gasteiger partial charge in [0.05, 0.1) is 11.4 Å². The summed E-state index contributed by atoms with van der Waals surface area (Å²) in [6.07, 6.45) is 22.5. The molecule has 298 valence electrons. The molecule has 0 saturated heterocycles. The highest BCUT2D eigenvalue weighted by atomic mass is 32.1. The van der Waals surface area contributed by atoms with E-state index in [-0.39, 0.29) is 23.1 Å². The zero-order valence-corrected chi connectivity index (χ0v) is 34.3. The summed E-state index contributed by atoms with van der Waals surface area (Å²) in [4.78, 5) is 47.4. The van der Waals surface area contributed by atoms with Crippen molar-refractivity contribution in [3.63, 3.8) is 0 Å². The van der Waals surface area contributed by atoms with Crippen molar-refractivity contribution in [1.82, 2.24) is 30.4 Å². The Hall–Kier alpha value is -4.75. The van der Waals surface area contributed by atoms with Crippen molar-refractivity contribution >= 4 is 45.3 Å². The molecule has 3 N–H and O–H groups in total. The van der Waals surface area contributed by atoms with E-state index < -0.39 is 0 Å². The maximum absolute atomic E-state index is 13.6. The van der Waals surface area contributed by atoms with Crippen molar-refractivity contribution in [2.75, 3.05) is 13.1 Å². The Morgan fingerprint density at radius 2 is 1.38 bits per heavy atom. The topological polar surface area (TPSA) is 146 Å². The SMILES string of the molecule is CCCCCCCCCCCCCCCCCC(=O)NCCCNC(=O)c1ccc(-c2csc(-n3[nH]c(-c4ccccc4)c(N=Nc4nccs4)c3=O)n2)cc1. The molecule has 0 bridgehead atoms. The first-order valence-electron chi connectivity index (χ1n) is 20.4. The molecule has 0 saturated carbocycles. The third-order valence-electron chi connectivity index (χ3n) is 9.68. The summed E-state index contributed by atoms with van der Waals surface area (Å²) in [5, 5.41) is 22.1. The molecule has 0 atom stereocenters. The van der Waals surface area contributed by atoms with Crippen LogP contribution < -0.4 is 16.2 Å². The van der Waals surface area contributed by atoms with Gasteiger partial charge in [0.2, 0.25) is 16.2 Å². The monoisotopic (exact) mass is 796 g/mol. The van der Waals surface area contributed by atoms with Gasteiger partial charge in [-0.05, 0) is 25.0 Å². The molecular weight excluding hydrogens is 741 g/mol. The summed E-state index contributed by atoms with van der Waals surface area (Å²) >= 11 is 2.64. The first-order valence-corrected chi connectivity index (χ1v) is 22.1. The van der Waals surface area contributed by atoms with Crippen LogP contribution in [0.3, 0.4) is 0 Å². The van der Waals surface area contributed by atoms with Gasteiger partial charge in [0.25, 0.3) is 5.91 Å². The van der Waals surface area contributed by atoms with Crippen LogP contribution in [0.2, 0.25) is 0 Å². The molecule has 5 rings (SSSR count). The van der Waals surface area contributed by atoms with Crippen molar-refractivity contribution in [1.29, 1.82) is 0 Å². The number of hydrogen-bond donors (Lipinski definition) is 3. The number of aromatic amines is 1. The van der Waals surface area contributed by atoms with Gasteiger partial charge in [-0.25, -0.2) is 9.97 Å². The van der Waals surface area contributed by atoms with Gasteiger partial charge < -0.3 is 10.6 Å². The van der Waals surface area contributed by atoms with E-state index in [9.17, 15) is 14.4 Å². The molecule has 0 fully saturated rings. The minimum absolute atomic E-state index is 0.0854. The fourth-order valence-corrected chi connectivity index (χ4v) is 7.72. The highest BCUT2D eigenvalue weighted by molar-refractivity contribution is 7.13. The van der Waals surface area contributed by atoms with Gasteiger partial charge in [-0.3, -0.25) is 19.5 Å². The van der Waals surface area contributed by atoms with Crippen LogP contribution in [0.25, 0.3) is 27.6 Å². The third-order valence-corrected chi connectivity index (χ3v) is 11.2. The lowest BCUT2D eigenvalue weighted by molar-refractivity contribution is -0.121. The zero-order valence-electron chi connectivity index (χ0n) is 32.6. The molecule has 5 aromatic rings. The summed E-state index contributed by atoms with van der Waals surface area (Å²) in [5.74, 6) is -0.0901. The lowest BCUT2D eigenvalue weighted by atomic mass is 10.0. The molecule has 0 aliphatic carbocycles. The Morgan fingerprint density at radius 1 is 0.732 bits per heavy atom. The maximum atomic E-state index is 13.6. The van der Waals surface area contributed by atoms with Gasteiger partial charge in [-0.2, -0.15) is 4.68 Å². The van der Waals surface area contributed by atoms with Crippen LogP contribution in [0.4, 0.5) is 10.8 Å². The van der Waals surface area contributed by atoms with Crippen LogP contribution in [0, 0.1) is 0 Å². The molecule has 0 aliphatic heterocycles. The second-order valence-corrected chi connectivity index (χ2v) is 15.8. The number of thiazole rings is 2. The number of nitrogens with zero attached hydrogens (tertiary/aromatic N) is 5. The number of carbonyl (C=O) groups excluding carboxylic acids is 2. The lowest BCUT2D eigenvalue weighted by Gasteiger charge is -2.08. The highest BCUT2D eigenvalue weighted by Crippen LogP contribution is 2.30. The Kier molecular flexibility index (Phi) is 18.2. The van der Waals surface area contributed by atoms with Gasteiger partial charge in [0.1, 0.15) is 0 Å². The van der Waals surface area contributed by atoms with E-state index in [1.165, 1.54) is 111 Å². The van der Waals surface area contributed by atoms with Gasteiger partial charge in [-0.15, -0.1) is 32.9 Å². The van der Waals surface area contributed by atoms with Gasteiger partial charge >= 0.3 is 5.56 Å². The molecule has 0 radical (unpaired) electrons. The standard InChI is InChI=1S/C43H56N8O3S2/c1-2-3-4-5-6-7-8-9-10-11-12-13-14-15-19-23-37(52)44-28-20-29-45-40(53)35-26-24-33(25-27-35)36-32-56-43(47-36)51-41(54)39(48-49-42-46-30-31-55-42)38(50-51)34-21-17-16-18-22-34/h16-18,21-22,24-27,30-32,50H,2-15,19-20,23,28-29H2,1H3,(H,44,52)(H,45,53). The number of aromatic nitrogens is 4. The quantitative estimate of drug-likeness (QED) is 0.0376. The third kappa shape index (κ3) is 13.8. The number of nitrogens with one attached hydrogen (secondary N) is 3. The largest absolute Gasteiger partial charge is 0.356 e. The molecule has 3 heterocycles. The molecule has 0 spiro atoms. The van der Waals surface area contributed by atoms with Crippen molar-refractivity contribution in [2.45, 2.75) is 116 Å². The van der Waals surface area contributed by atoms with E-state index in [2.05, 4.69) is 37.9 Å². The Labute approximate surface area is 338 Å². The summed E-state index contributed by atoms with van der Waals surface area (Å²) in [6, 6.07) is 16.7. The highest BCUT2D eigenvalue weighted by Gasteiger charge is 2.19. The Morgan fingerprint density at radius 3 is 2.02 bits per heavy atom. The van der Waals surface area contributed by atoms with Crippen LogP contribution in [0.1, 0.15) is 126 Å².